The first-order chi connectivity index (χ1) is 10.3. The summed E-state index contributed by atoms with van der Waals surface area (Å²) in [6, 6.07) is 17.2. The van der Waals surface area contributed by atoms with E-state index in [0.717, 1.165) is 17.7 Å². The van der Waals surface area contributed by atoms with E-state index in [4.69, 9.17) is 4.74 Å². The van der Waals surface area contributed by atoms with Crippen LogP contribution in [0.5, 0.6) is 0 Å². The predicted octanol–water partition coefficient (Wildman–Crippen LogP) is 4.20. The van der Waals surface area contributed by atoms with Gasteiger partial charge >= 0.3 is 5.97 Å². The lowest BCUT2D eigenvalue weighted by Gasteiger charge is -2.04. The zero-order valence-electron chi connectivity index (χ0n) is 12.2. The standard InChI is InChI=1S/C18H19NO2/c1-2-15-8-6-9-16(14-15)18(20)21-13-7-12-19-17-10-4-3-5-11-17/h3-6,8-12,14H,2,7,13H2,1H3. The van der Waals surface area contributed by atoms with Gasteiger partial charge in [0, 0.05) is 12.6 Å². The number of hydrogen-bond donors (Lipinski definition) is 0. The first-order valence-corrected chi connectivity index (χ1v) is 7.13. The van der Waals surface area contributed by atoms with Gasteiger partial charge in [0.25, 0.3) is 0 Å². The number of hydrogen-bond acceptors (Lipinski definition) is 3. The number of para-hydroxylation sites is 1. The third-order valence-electron chi connectivity index (χ3n) is 3.05. The summed E-state index contributed by atoms with van der Waals surface area (Å²) < 4.78 is 5.24. The van der Waals surface area contributed by atoms with Crippen LogP contribution in [0.1, 0.15) is 29.3 Å². The van der Waals surface area contributed by atoms with Crippen molar-refractivity contribution in [3.63, 3.8) is 0 Å². The van der Waals surface area contributed by atoms with Crippen molar-refractivity contribution in [3.05, 3.63) is 65.7 Å². The molecule has 0 aliphatic rings. The van der Waals surface area contributed by atoms with Crippen molar-refractivity contribution in [1.82, 2.24) is 0 Å². The molecule has 0 unspecified atom stereocenters. The van der Waals surface area contributed by atoms with Gasteiger partial charge in [-0.25, -0.2) is 4.79 Å². The fourth-order valence-electron chi connectivity index (χ4n) is 1.89. The summed E-state index contributed by atoms with van der Waals surface area (Å²) in [6.45, 7) is 2.40. The molecule has 3 nitrogen and oxygen atoms in total. The Bertz CT molecular complexity index is 606. The zero-order chi connectivity index (χ0) is 14.9. The zero-order valence-corrected chi connectivity index (χ0v) is 12.2. The summed E-state index contributed by atoms with van der Waals surface area (Å²) in [5.41, 5.74) is 2.64. The lowest BCUT2D eigenvalue weighted by molar-refractivity contribution is 0.0516. The van der Waals surface area contributed by atoms with Crippen LogP contribution in [-0.4, -0.2) is 18.8 Å². The number of aryl methyl sites for hydroxylation is 1. The normalized spacial score (nSPS) is 10.7. The van der Waals surface area contributed by atoms with Crippen molar-refractivity contribution >= 4 is 17.9 Å². The van der Waals surface area contributed by atoms with E-state index in [9.17, 15) is 4.79 Å². The quantitative estimate of drug-likeness (QED) is 0.452. The van der Waals surface area contributed by atoms with Gasteiger partial charge < -0.3 is 4.74 Å². The second-order valence-electron chi connectivity index (χ2n) is 4.63. The van der Waals surface area contributed by atoms with Crippen LogP contribution in [-0.2, 0) is 11.2 Å². The number of ether oxygens (including phenoxy) is 1. The average Bonchev–Trinajstić information content (AvgIpc) is 2.55. The molecular formula is C18H19NO2. The summed E-state index contributed by atoms with van der Waals surface area (Å²) in [5.74, 6) is -0.279. The molecule has 0 atom stereocenters. The molecule has 0 bridgehead atoms. The van der Waals surface area contributed by atoms with E-state index in [0.29, 0.717) is 18.6 Å². The van der Waals surface area contributed by atoms with Gasteiger partial charge in [-0.1, -0.05) is 37.3 Å². The Morgan fingerprint density at radius 3 is 2.71 bits per heavy atom. The molecule has 2 aromatic carbocycles. The summed E-state index contributed by atoms with van der Waals surface area (Å²) in [5, 5.41) is 0. The molecule has 3 heteroatoms. The molecule has 0 saturated carbocycles. The van der Waals surface area contributed by atoms with E-state index in [1.807, 2.05) is 48.5 Å². The van der Waals surface area contributed by atoms with E-state index in [1.165, 1.54) is 0 Å². The van der Waals surface area contributed by atoms with E-state index >= 15 is 0 Å². The Balaban J connectivity index is 1.78. The van der Waals surface area contributed by atoms with Gasteiger partial charge in [-0.2, -0.15) is 0 Å². The minimum Gasteiger partial charge on any atom is -0.462 e. The Morgan fingerprint density at radius 2 is 1.95 bits per heavy atom. The highest BCUT2D eigenvalue weighted by molar-refractivity contribution is 5.89. The molecule has 21 heavy (non-hydrogen) atoms. The molecule has 0 aliphatic carbocycles. The van der Waals surface area contributed by atoms with Crippen LogP contribution in [0.15, 0.2) is 59.6 Å². The molecule has 0 fully saturated rings. The van der Waals surface area contributed by atoms with Gasteiger partial charge in [0.15, 0.2) is 0 Å². The van der Waals surface area contributed by atoms with Crippen LogP contribution in [0.2, 0.25) is 0 Å². The first kappa shape index (κ1) is 15.0. The molecule has 0 amide bonds. The van der Waals surface area contributed by atoms with Crippen LogP contribution in [0.3, 0.4) is 0 Å². The number of nitrogens with zero attached hydrogens (tertiary/aromatic N) is 1. The first-order valence-electron chi connectivity index (χ1n) is 7.13. The van der Waals surface area contributed by atoms with Gasteiger partial charge in [0.1, 0.15) is 0 Å². The average molecular weight is 281 g/mol. The monoisotopic (exact) mass is 281 g/mol. The maximum atomic E-state index is 11.9. The van der Waals surface area contributed by atoms with Gasteiger partial charge in [-0.05, 0) is 36.2 Å². The highest BCUT2D eigenvalue weighted by atomic mass is 16.5. The maximum Gasteiger partial charge on any atom is 0.338 e. The summed E-state index contributed by atoms with van der Waals surface area (Å²) in [7, 11) is 0. The summed E-state index contributed by atoms with van der Waals surface area (Å²) in [4.78, 5) is 16.2. The van der Waals surface area contributed by atoms with Gasteiger partial charge in [-0.3, -0.25) is 4.99 Å². The molecular weight excluding hydrogens is 262 g/mol. The van der Waals surface area contributed by atoms with E-state index in [-0.39, 0.29) is 5.97 Å². The molecule has 0 aliphatic heterocycles. The highest BCUT2D eigenvalue weighted by Gasteiger charge is 2.06. The van der Waals surface area contributed by atoms with E-state index < -0.39 is 0 Å². The number of carbonyl (C=O) groups excluding carboxylic acids is 1. The van der Waals surface area contributed by atoms with Crippen LogP contribution in [0.4, 0.5) is 5.69 Å². The Labute approximate surface area is 125 Å². The second-order valence-corrected chi connectivity index (χ2v) is 4.63. The smallest absolute Gasteiger partial charge is 0.338 e. The summed E-state index contributed by atoms with van der Waals surface area (Å²) >= 11 is 0. The van der Waals surface area contributed by atoms with Gasteiger partial charge in [0.2, 0.25) is 0 Å². The molecule has 2 aromatic rings. The van der Waals surface area contributed by atoms with Crippen LogP contribution in [0, 0.1) is 0 Å². The Morgan fingerprint density at radius 1 is 1.14 bits per heavy atom. The Kier molecular flexibility index (Phi) is 5.71. The topological polar surface area (TPSA) is 38.7 Å². The van der Waals surface area contributed by atoms with Crippen LogP contribution >= 0.6 is 0 Å². The molecule has 108 valence electrons. The highest BCUT2D eigenvalue weighted by Crippen LogP contribution is 2.09. The van der Waals surface area contributed by atoms with Crippen molar-refractivity contribution in [2.45, 2.75) is 19.8 Å². The minimum atomic E-state index is -0.279. The fraction of sp³-hybridized carbons (Fsp3) is 0.222. The molecule has 2 rings (SSSR count). The third kappa shape index (κ3) is 4.88. The van der Waals surface area contributed by atoms with Gasteiger partial charge in [-0.15, -0.1) is 0 Å². The number of benzene rings is 2. The SMILES string of the molecule is CCc1cccc(C(=O)OCCC=Nc2ccccc2)c1. The van der Waals surface area contributed by atoms with Crippen molar-refractivity contribution in [2.24, 2.45) is 4.99 Å². The number of rotatable bonds is 6. The fourth-order valence-corrected chi connectivity index (χ4v) is 1.89. The third-order valence-corrected chi connectivity index (χ3v) is 3.05. The largest absolute Gasteiger partial charge is 0.462 e. The lowest BCUT2D eigenvalue weighted by atomic mass is 10.1. The molecule has 0 radical (unpaired) electrons. The molecule has 0 aromatic heterocycles. The van der Waals surface area contributed by atoms with Crippen LogP contribution < -0.4 is 0 Å². The number of esters is 1. The molecule has 0 heterocycles. The van der Waals surface area contributed by atoms with Crippen molar-refractivity contribution < 1.29 is 9.53 Å². The molecule has 0 saturated heterocycles. The van der Waals surface area contributed by atoms with Crippen molar-refractivity contribution in [3.8, 4) is 0 Å². The predicted molar refractivity (Wildman–Crippen MR) is 85.3 cm³/mol. The minimum absolute atomic E-state index is 0.279. The van der Waals surface area contributed by atoms with Crippen LogP contribution in [0.25, 0.3) is 0 Å². The van der Waals surface area contributed by atoms with Crippen molar-refractivity contribution in [1.29, 1.82) is 0 Å². The van der Waals surface area contributed by atoms with Gasteiger partial charge in [0.05, 0.1) is 17.9 Å². The Hall–Kier alpha value is -2.42. The summed E-state index contributed by atoms with van der Waals surface area (Å²) in [6.07, 6.45) is 3.28. The van der Waals surface area contributed by atoms with E-state index in [1.54, 1.807) is 12.3 Å². The molecule has 0 N–H and O–H groups in total. The maximum absolute atomic E-state index is 11.9. The van der Waals surface area contributed by atoms with Crippen molar-refractivity contribution in [2.75, 3.05) is 6.61 Å². The number of aliphatic imine (C=N–C) groups is 1. The lowest BCUT2D eigenvalue weighted by Crippen LogP contribution is -2.07. The second kappa shape index (κ2) is 8.00. The molecule has 0 spiro atoms. The number of carbonyl (C=O) groups is 1. The van der Waals surface area contributed by atoms with E-state index in [2.05, 4.69) is 11.9 Å².